The standard InChI is InChI=1S/C13H13ClO2/c1-9-13(2,16-9)12(15)8-5-10-3-6-11(14)7-4-10/h3-9H,1-2H3/b8-5+. The second-order valence-electron chi connectivity index (χ2n) is 4.12. The summed E-state index contributed by atoms with van der Waals surface area (Å²) < 4.78 is 5.25. The summed E-state index contributed by atoms with van der Waals surface area (Å²) in [5.74, 6) is 0.00921. The van der Waals surface area contributed by atoms with Crippen molar-refractivity contribution >= 4 is 23.5 Å². The smallest absolute Gasteiger partial charge is 0.189 e. The van der Waals surface area contributed by atoms with Gasteiger partial charge in [-0.1, -0.05) is 29.8 Å². The molecule has 1 fully saturated rings. The van der Waals surface area contributed by atoms with Crippen molar-refractivity contribution in [1.82, 2.24) is 0 Å². The minimum Gasteiger partial charge on any atom is -0.358 e. The Morgan fingerprint density at radius 3 is 2.50 bits per heavy atom. The molecule has 2 rings (SSSR count). The number of rotatable bonds is 3. The highest BCUT2D eigenvalue weighted by molar-refractivity contribution is 6.30. The van der Waals surface area contributed by atoms with E-state index in [2.05, 4.69) is 0 Å². The van der Waals surface area contributed by atoms with Crippen LogP contribution in [0.15, 0.2) is 30.3 Å². The molecule has 0 saturated carbocycles. The Balaban J connectivity index is 2.05. The summed E-state index contributed by atoms with van der Waals surface area (Å²) in [4.78, 5) is 11.7. The Labute approximate surface area is 99.9 Å². The average Bonchev–Trinajstić information content (AvgIpc) is 2.87. The largest absolute Gasteiger partial charge is 0.358 e. The van der Waals surface area contributed by atoms with Crippen LogP contribution < -0.4 is 0 Å². The van der Waals surface area contributed by atoms with Crippen LogP contribution in [0.3, 0.4) is 0 Å². The molecule has 0 bridgehead atoms. The van der Waals surface area contributed by atoms with Crippen LogP contribution in [-0.4, -0.2) is 17.5 Å². The van der Waals surface area contributed by atoms with Crippen LogP contribution in [0.2, 0.25) is 5.02 Å². The van der Waals surface area contributed by atoms with Crippen LogP contribution >= 0.6 is 11.6 Å². The molecule has 0 aromatic heterocycles. The van der Waals surface area contributed by atoms with Gasteiger partial charge in [0.15, 0.2) is 11.4 Å². The van der Waals surface area contributed by atoms with Gasteiger partial charge in [-0.3, -0.25) is 4.79 Å². The van der Waals surface area contributed by atoms with E-state index >= 15 is 0 Å². The van der Waals surface area contributed by atoms with Crippen molar-refractivity contribution in [2.75, 3.05) is 0 Å². The van der Waals surface area contributed by atoms with Crippen LogP contribution in [0.5, 0.6) is 0 Å². The SMILES string of the molecule is CC1OC1(C)C(=O)/C=C/c1ccc(Cl)cc1. The third kappa shape index (κ3) is 2.18. The van der Waals surface area contributed by atoms with Gasteiger partial charge in [0.1, 0.15) is 0 Å². The molecule has 2 atom stereocenters. The van der Waals surface area contributed by atoms with Crippen molar-refractivity contribution in [3.8, 4) is 0 Å². The Bertz CT molecular complexity index is 436. The maximum atomic E-state index is 11.7. The lowest BCUT2D eigenvalue weighted by atomic mass is 10.0. The van der Waals surface area contributed by atoms with Crippen molar-refractivity contribution in [3.63, 3.8) is 0 Å². The van der Waals surface area contributed by atoms with E-state index in [1.807, 2.05) is 26.0 Å². The molecule has 2 nitrogen and oxygen atoms in total. The Kier molecular flexibility index (Phi) is 2.87. The molecule has 1 aromatic rings. The lowest BCUT2D eigenvalue weighted by Gasteiger charge is -1.99. The third-order valence-corrected chi connectivity index (χ3v) is 3.18. The van der Waals surface area contributed by atoms with Gasteiger partial charge in [0.2, 0.25) is 0 Å². The number of ether oxygens (including phenoxy) is 1. The highest BCUT2D eigenvalue weighted by Gasteiger charge is 2.54. The number of ketones is 1. The van der Waals surface area contributed by atoms with E-state index in [-0.39, 0.29) is 11.9 Å². The molecule has 0 spiro atoms. The van der Waals surface area contributed by atoms with Crippen molar-refractivity contribution < 1.29 is 9.53 Å². The van der Waals surface area contributed by atoms with Gasteiger partial charge in [0.25, 0.3) is 0 Å². The quantitative estimate of drug-likeness (QED) is 0.596. The molecule has 84 valence electrons. The molecule has 0 amide bonds. The van der Waals surface area contributed by atoms with Crippen LogP contribution in [-0.2, 0) is 9.53 Å². The Hall–Kier alpha value is -1.12. The average molecular weight is 237 g/mol. The van der Waals surface area contributed by atoms with E-state index in [1.54, 1.807) is 24.3 Å². The minimum atomic E-state index is -0.608. The molecule has 16 heavy (non-hydrogen) atoms. The summed E-state index contributed by atoms with van der Waals surface area (Å²) in [5.41, 5.74) is 0.345. The van der Waals surface area contributed by atoms with Crippen LogP contribution in [0, 0.1) is 0 Å². The molecule has 1 aromatic carbocycles. The zero-order chi connectivity index (χ0) is 11.8. The number of carbonyl (C=O) groups excluding carboxylic acids is 1. The second-order valence-corrected chi connectivity index (χ2v) is 4.55. The lowest BCUT2D eigenvalue weighted by Crippen LogP contribution is -2.20. The van der Waals surface area contributed by atoms with Gasteiger partial charge in [-0.05, 0) is 37.6 Å². The van der Waals surface area contributed by atoms with Crippen molar-refractivity contribution in [2.24, 2.45) is 0 Å². The van der Waals surface area contributed by atoms with Gasteiger partial charge in [0.05, 0.1) is 6.10 Å². The predicted molar refractivity (Wildman–Crippen MR) is 64.4 cm³/mol. The topological polar surface area (TPSA) is 29.6 Å². The molecule has 1 saturated heterocycles. The minimum absolute atomic E-state index is 0.00921. The zero-order valence-electron chi connectivity index (χ0n) is 9.24. The molecule has 0 aliphatic carbocycles. The fraction of sp³-hybridized carbons (Fsp3) is 0.308. The van der Waals surface area contributed by atoms with Crippen LogP contribution in [0.1, 0.15) is 19.4 Å². The van der Waals surface area contributed by atoms with E-state index < -0.39 is 5.60 Å². The fourth-order valence-corrected chi connectivity index (χ4v) is 1.63. The molecular weight excluding hydrogens is 224 g/mol. The van der Waals surface area contributed by atoms with Gasteiger partial charge < -0.3 is 4.74 Å². The maximum Gasteiger partial charge on any atom is 0.189 e. The molecule has 0 N–H and O–H groups in total. The Morgan fingerprint density at radius 1 is 1.44 bits per heavy atom. The number of carbonyl (C=O) groups is 1. The summed E-state index contributed by atoms with van der Waals surface area (Å²) in [5, 5.41) is 0.689. The highest BCUT2D eigenvalue weighted by atomic mass is 35.5. The summed E-state index contributed by atoms with van der Waals surface area (Å²) in [6, 6.07) is 7.32. The number of hydrogen-bond donors (Lipinski definition) is 0. The fourth-order valence-electron chi connectivity index (χ4n) is 1.50. The first-order chi connectivity index (χ1) is 7.52. The van der Waals surface area contributed by atoms with Gasteiger partial charge in [0, 0.05) is 5.02 Å². The predicted octanol–water partition coefficient (Wildman–Crippen LogP) is 3.10. The van der Waals surface area contributed by atoms with Crippen LogP contribution in [0.4, 0.5) is 0 Å². The Morgan fingerprint density at radius 2 is 2.00 bits per heavy atom. The van der Waals surface area contributed by atoms with E-state index in [4.69, 9.17) is 16.3 Å². The first kappa shape index (κ1) is 11.4. The molecule has 0 radical (unpaired) electrons. The van der Waals surface area contributed by atoms with Crippen molar-refractivity contribution in [2.45, 2.75) is 25.6 Å². The van der Waals surface area contributed by atoms with Gasteiger partial charge in [-0.2, -0.15) is 0 Å². The van der Waals surface area contributed by atoms with Crippen molar-refractivity contribution in [1.29, 1.82) is 0 Å². The first-order valence-electron chi connectivity index (χ1n) is 5.18. The number of benzene rings is 1. The molecule has 1 aliphatic rings. The molecule has 1 aliphatic heterocycles. The van der Waals surface area contributed by atoms with E-state index in [0.29, 0.717) is 5.02 Å². The van der Waals surface area contributed by atoms with E-state index in [9.17, 15) is 4.79 Å². The number of halogens is 1. The van der Waals surface area contributed by atoms with Crippen molar-refractivity contribution in [3.05, 3.63) is 40.9 Å². The summed E-state index contributed by atoms with van der Waals surface area (Å²) in [6.07, 6.45) is 3.36. The van der Waals surface area contributed by atoms with E-state index in [0.717, 1.165) is 5.56 Å². The zero-order valence-corrected chi connectivity index (χ0v) is 9.99. The third-order valence-electron chi connectivity index (χ3n) is 2.93. The van der Waals surface area contributed by atoms with Gasteiger partial charge in [-0.15, -0.1) is 0 Å². The normalized spacial score (nSPS) is 28.3. The monoisotopic (exact) mass is 236 g/mol. The molecular formula is C13H13ClO2. The summed E-state index contributed by atoms with van der Waals surface area (Å²) in [6.45, 7) is 3.71. The van der Waals surface area contributed by atoms with E-state index in [1.165, 1.54) is 0 Å². The van der Waals surface area contributed by atoms with Gasteiger partial charge in [-0.25, -0.2) is 0 Å². The lowest BCUT2D eigenvalue weighted by molar-refractivity contribution is -0.118. The summed E-state index contributed by atoms with van der Waals surface area (Å²) >= 11 is 5.77. The summed E-state index contributed by atoms with van der Waals surface area (Å²) in [7, 11) is 0. The number of hydrogen-bond acceptors (Lipinski definition) is 2. The number of epoxide rings is 1. The maximum absolute atomic E-state index is 11.7. The highest BCUT2D eigenvalue weighted by Crippen LogP contribution is 2.36. The van der Waals surface area contributed by atoms with Crippen LogP contribution in [0.25, 0.3) is 6.08 Å². The molecule has 2 unspecified atom stereocenters. The molecule has 3 heteroatoms. The van der Waals surface area contributed by atoms with Gasteiger partial charge >= 0.3 is 0 Å². The first-order valence-corrected chi connectivity index (χ1v) is 5.56. The second kappa shape index (κ2) is 4.04. The molecule has 1 heterocycles.